The van der Waals surface area contributed by atoms with Crippen LogP contribution in [0, 0.1) is 20.8 Å². The Balaban J connectivity index is 1.99. The number of amides is 1. The highest BCUT2D eigenvalue weighted by atomic mass is 16.5. The molecule has 0 radical (unpaired) electrons. The maximum Gasteiger partial charge on any atom is 0.254 e. The van der Waals surface area contributed by atoms with Gasteiger partial charge in [0.2, 0.25) is 0 Å². The number of nitrogens with one attached hydrogen (secondary N) is 1. The lowest BCUT2D eigenvalue weighted by Crippen LogP contribution is -2.24. The van der Waals surface area contributed by atoms with Crippen molar-refractivity contribution in [1.29, 1.82) is 0 Å². The summed E-state index contributed by atoms with van der Waals surface area (Å²) >= 11 is 0. The third kappa shape index (κ3) is 2.88. The average Bonchev–Trinajstić information content (AvgIpc) is 3.07. The van der Waals surface area contributed by atoms with E-state index >= 15 is 0 Å². The van der Waals surface area contributed by atoms with Gasteiger partial charge in [0.25, 0.3) is 5.91 Å². The molecule has 0 aliphatic heterocycles. The first-order valence-corrected chi connectivity index (χ1v) is 8.34. The Morgan fingerprint density at radius 2 is 2.08 bits per heavy atom. The van der Waals surface area contributed by atoms with Gasteiger partial charge in [0.05, 0.1) is 18.4 Å². The van der Waals surface area contributed by atoms with Gasteiger partial charge in [-0.2, -0.15) is 0 Å². The molecular formula is C19H23N3O3. The Hall–Kier alpha value is -2.76. The average molecular weight is 341 g/mol. The van der Waals surface area contributed by atoms with Crippen LogP contribution in [0.25, 0.3) is 10.9 Å². The van der Waals surface area contributed by atoms with E-state index < -0.39 is 0 Å². The first-order valence-electron chi connectivity index (χ1n) is 8.34. The molecule has 3 aromatic rings. The van der Waals surface area contributed by atoms with Gasteiger partial charge in [-0.05, 0) is 45.9 Å². The molecule has 6 heteroatoms. The summed E-state index contributed by atoms with van der Waals surface area (Å²) in [6.45, 7) is 8.95. The maximum absolute atomic E-state index is 12.9. The van der Waals surface area contributed by atoms with Crippen LogP contribution >= 0.6 is 0 Å². The number of benzene rings is 1. The van der Waals surface area contributed by atoms with Crippen LogP contribution in [0.4, 0.5) is 0 Å². The Kier molecular flexibility index (Phi) is 4.53. The number of fused-ring (bicyclic) bond motifs is 1. The van der Waals surface area contributed by atoms with Crippen molar-refractivity contribution < 1.29 is 14.1 Å². The molecule has 0 spiro atoms. The summed E-state index contributed by atoms with van der Waals surface area (Å²) in [6.07, 6.45) is 0. The van der Waals surface area contributed by atoms with Gasteiger partial charge in [0.1, 0.15) is 11.5 Å². The second-order valence-corrected chi connectivity index (χ2v) is 6.07. The van der Waals surface area contributed by atoms with Gasteiger partial charge in [0.15, 0.2) is 0 Å². The molecule has 0 aliphatic carbocycles. The second-order valence-electron chi connectivity index (χ2n) is 6.07. The number of rotatable bonds is 5. The van der Waals surface area contributed by atoms with E-state index in [9.17, 15) is 4.79 Å². The predicted molar refractivity (Wildman–Crippen MR) is 96.0 cm³/mol. The topological polar surface area (TPSA) is 69.3 Å². The van der Waals surface area contributed by atoms with Crippen LogP contribution in [0.15, 0.2) is 22.7 Å². The monoisotopic (exact) mass is 341 g/mol. The van der Waals surface area contributed by atoms with Gasteiger partial charge < -0.3 is 19.1 Å². The van der Waals surface area contributed by atoms with Crippen molar-refractivity contribution in [2.45, 2.75) is 40.8 Å². The zero-order chi connectivity index (χ0) is 18.1. The molecule has 0 atom stereocenters. The summed E-state index contributed by atoms with van der Waals surface area (Å²) in [4.78, 5) is 12.9. The lowest BCUT2D eigenvalue weighted by molar-refractivity contribution is 0.0951. The molecule has 3 rings (SSSR count). The van der Waals surface area contributed by atoms with Crippen LogP contribution < -0.4 is 10.1 Å². The number of aryl methyl sites for hydroxylation is 3. The molecule has 132 valence electrons. The maximum atomic E-state index is 12.9. The minimum atomic E-state index is -0.108. The quantitative estimate of drug-likeness (QED) is 0.771. The van der Waals surface area contributed by atoms with Gasteiger partial charge in [-0.3, -0.25) is 4.79 Å². The molecule has 6 nitrogen and oxygen atoms in total. The van der Waals surface area contributed by atoms with Crippen molar-refractivity contribution in [3.05, 3.63) is 46.5 Å². The standard InChI is InChI=1S/C19H23N3O3/c1-6-22-12(3)18(15-9-14(24-5)7-8-17(15)22)19(23)20-10-16-11(2)21-25-13(16)4/h7-9H,6,10H2,1-5H3,(H,20,23). The second kappa shape index (κ2) is 6.63. The van der Waals surface area contributed by atoms with E-state index in [0.29, 0.717) is 12.1 Å². The van der Waals surface area contributed by atoms with Gasteiger partial charge in [-0.25, -0.2) is 0 Å². The summed E-state index contributed by atoms with van der Waals surface area (Å²) in [7, 11) is 1.63. The Morgan fingerprint density at radius 3 is 2.68 bits per heavy atom. The highest BCUT2D eigenvalue weighted by molar-refractivity contribution is 6.08. The van der Waals surface area contributed by atoms with Crippen LogP contribution in [-0.2, 0) is 13.1 Å². The fourth-order valence-corrected chi connectivity index (χ4v) is 3.29. The van der Waals surface area contributed by atoms with E-state index in [1.165, 1.54) is 0 Å². The summed E-state index contributed by atoms with van der Waals surface area (Å²) in [6, 6.07) is 5.83. The van der Waals surface area contributed by atoms with Crippen LogP contribution in [0.5, 0.6) is 5.75 Å². The minimum absolute atomic E-state index is 0.108. The number of methoxy groups -OCH3 is 1. The molecule has 0 unspecified atom stereocenters. The van der Waals surface area contributed by atoms with Crippen LogP contribution in [0.2, 0.25) is 0 Å². The number of nitrogens with zero attached hydrogens (tertiary/aromatic N) is 2. The number of carbonyl (C=O) groups excluding carboxylic acids is 1. The van der Waals surface area contributed by atoms with Crippen molar-refractivity contribution in [3.8, 4) is 5.75 Å². The molecule has 2 heterocycles. The zero-order valence-corrected chi connectivity index (χ0v) is 15.3. The smallest absolute Gasteiger partial charge is 0.254 e. The van der Waals surface area contributed by atoms with Crippen molar-refractivity contribution in [3.63, 3.8) is 0 Å². The van der Waals surface area contributed by atoms with Crippen molar-refractivity contribution in [2.24, 2.45) is 0 Å². The molecule has 2 aromatic heterocycles. The molecule has 0 fully saturated rings. The highest BCUT2D eigenvalue weighted by Gasteiger charge is 2.20. The number of carbonyl (C=O) groups is 1. The summed E-state index contributed by atoms with van der Waals surface area (Å²) < 4.78 is 12.6. The predicted octanol–water partition coefficient (Wildman–Crippen LogP) is 3.51. The number of aromatic nitrogens is 2. The fourth-order valence-electron chi connectivity index (χ4n) is 3.29. The normalized spacial score (nSPS) is 11.1. The minimum Gasteiger partial charge on any atom is -0.497 e. The van der Waals surface area contributed by atoms with Crippen LogP contribution in [-0.4, -0.2) is 22.7 Å². The highest BCUT2D eigenvalue weighted by Crippen LogP contribution is 2.29. The van der Waals surface area contributed by atoms with Crippen molar-refractivity contribution in [2.75, 3.05) is 7.11 Å². The fraction of sp³-hybridized carbons (Fsp3) is 0.368. The third-order valence-electron chi connectivity index (χ3n) is 4.68. The van der Waals surface area contributed by atoms with E-state index in [1.54, 1.807) is 7.11 Å². The van der Waals surface area contributed by atoms with Crippen molar-refractivity contribution >= 4 is 16.8 Å². The van der Waals surface area contributed by atoms with Crippen molar-refractivity contribution in [1.82, 2.24) is 15.0 Å². The number of hydrogen-bond donors (Lipinski definition) is 1. The first kappa shape index (κ1) is 17.1. The summed E-state index contributed by atoms with van der Waals surface area (Å²) in [5.41, 5.74) is 4.38. The molecule has 1 N–H and O–H groups in total. The SMILES string of the molecule is CCn1c(C)c(C(=O)NCc2c(C)noc2C)c2cc(OC)ccc21. The molecule has 25 heavy (non-hydrogen) atoms. The molecule has 0 saturated carbocycles. The number of ether oxygens (including phenoxy) is 1. The Morgan fingerprint density at radius 1 is 1.32 bits per heavy atom. The summed E-state index contributed by atoms with van der Waals surface area (Å²) in [5.74, 6) is 1.36. The van der Waals surface area contributed by atoms with Gasteiger partial charge in [0, 0.05) is 35.2 Å². The van der Waals surface area contributed by atoms with Gasteiger partial charge in [-0.1, -0.05) is 5.16 Å². The van der Waals surface area contributed by atoms with Gasteiger partial charge >= 0.3 is 0 Å². The van der Waals surface area contributed by atoms with Crippen LogP contribution in [0.1, 0.15) is 40.0 Å². The lowest BCUT2D eigenvalue weighted by Gasteiger charge is -2.07. The largest absolute Gasteiger partial charge is 0.497 e. The van der Waals surface area contributed by atoms with Gasteiger partial charge in [-0.15, -0.1) is 0 Å². The van der Waals surface area contributed by atoms with E-state index in [4.69, 9.17) is 9.26 Å². The van der Waals surface area contributed by atoms with E-state index in [0.717, 1.165) is 45.9 Å². The molecule has 0 aliphatic rings. The van der Waals surface area contributed by atoms with E-state index in [2.05, 4.69) is 22.0 Å². The molecule has 0 saturated heterocycles. The zero-order valence-electron chi connectivity index (χ0n) is 15.3. The molecule has 0 bridgehead atoms. The molecular weight excluding hydrogens is 318 g/mol. The van der Waals surface area contributed by atoms with Crippen LogP contribution in [0.3, 0.4) is 0 Å². The molecule has 1 amide bonds. The molecule has 1 aromatic carbocycles. The van der Waals surface area contributed by atoms with E-state index in [1.807, 2.05) is 39.0 Å². The lowest BCUT2D eigenvalue weighted by atomic mass is 10.1. The first-order chi connectivity index (χ1) is 12.0. The summed E-state index contributed by atoms with van der Waals surface area (Å²) in [5, 5.41) is 7.82. The third-order valence-corrected chi connectivity index (χ3v) is 4.68. The van der Waals surface area contributed by atoms with E-state index in [-0.39, 0.29) is 5.91 Å². The Labute approximate surface area is 146 Å². The Bertz CT molecular complexity index is 918. The number of hydrogen-bond acceptors (Lipinski definition) is 4.